The smallest absolute Gasteiger partial charge is 0.239 e. The number of nitrogens with two attached hydrogens (primary N) is 1. The lowest BCUT2D eigenvalue weighted by Crippen LogP contribution is -2.45. The molecule has 0 radical (unpaired) electrons. The van der Waals surface area contributed by atoms with Gasteiger partial charge < -0.3 is 10.6 Å². The minimum atomic E-state index is -1.07. The van der Waals surface area contributed by atoms with E-state index in [9.17, 15) is 9.18 Å². The van der Waals surface area contributed by atoms with Crippen LogP contribution in [0.2, 0.25) is 0 Å². The van der Waals surface area contributed by atoms with Gasteiger partial charge in [-0.3, -0.25) is 9.79 Å². The lowest BCUT2D eigenvalue weighted by atomic mass is 9.85. The van der Waals surface area contributed by atoms with Crippen LogP contribution in [0.15, 0.2) is 59.2 Å². The molecule has 3 rings (SSSR count). The molecule has 10 heteroatoms. The van der Waals surface area contributed by atoms with Gasteiger partial charge in [-0.05, 0) is 38.0 Å². The average molecular weight is 471 g/mol. The van der Waals surface area contributed by atoms with Crippen molar-refractivity contribution in [2.75, 3.05) is 14.1 Å². The standard InChI is InChI=1S/C23H24F2N6OS/c1-13(8-17(25)19-28-11-15(10-26)12-29-19)6-7-16(24)14(2)22(3)18-9-23(18,20(32)31(4)5)33-21(27)30-22/h6-8,11-12,18H,2,9H2,1,3-5H3,(H2,27,30)/b13-6+,16-7+,17-8-/t18-,22+,23-/m0/s1. The Balaban J connectivity index is 1.80. The van der Waals surface area contributed by atoms with Gasteiger partial charge in [-0.2, -0.15) is 5.26 Å². The lowest BCUT2D eigenvalue weighted by molar-refractivity contribution is -0.129. The van der Waals surface area contributed by atoms with E-state index in [1.165, 1.54) is 41.2 Å². The molecular formula is C23H24F2N6OS. The molecule has 0 saturated heterocycles. The zero-order chi connectivity index (χ0) is 24.6. The van der Waals surface area contributed by atoms with Crippen molar-refractivity contribution in [2.45, 2.75) is 30.6 Å². The Hall–Kier alpha value is -3.32. The van der Waals surface area contributed by atoms with E-state index in [-0.39, 0.29) is 34.0 Å². The minimum absolute atomic E-state index is 0.0832. The largest absolute Gasteiger partial charge is 0.378 e. The predicted molar refractivity (Wildman–Crippen MR) is 125 cm³/mol. The topological polar surface area (TPSA) is 108 Å². The van der Waals surface area contributed by atoms with Crippen molar-refractivity contribution in [1.29, 1.82) is 5.26 Å². The summed E-state index contributed by atoms with van der Waals surface area (Å²) in [7, 11) is 3.34. The molecule has 2 aliphatic rings. The third-order valence-electron chi connectivity index (χ3n) is 5.73. The number of aliphatic imine (C=N–C) groups is 1. The van der Waals surface area contributed by atoms with Gasteiger partial charge in [0.15, 0.2) is 16.8 Å². The number of nitrogens with zero attached hydrogens (tertiary/aromatic N) is 5. The molecule has 0 bridgehead atoms. The van der Waals surface area contributed by atoms with E-state index < -0.39 is 21.9 Å². The van der Waals surface area contributed by atoms with Crippen molar-refractivity contribution in [1.82, 2.24) is 14.9 Å². The summed E-state index contributed by atoms with van der Waals surface area (Å²) in [4.78, 5) is 26.3. The summed E-state index contributed by atoms with van der Waals surface area (Å²) < 4.78 is 28.7. The van der Waals surface area contributed by atoms with Gasteiger partial charge >= 0.3 is 0 Å². The van der Waals surface area contributed by atoms with Gasteiger partial charge in [-0.1, -0.05) is 24.4 Å². The Bertz CT molecular complexity index is 1160. The van der Waals surface area contributed by atoms with Crippen molar-refractivity contribution >= 4 is 28.7 Å². The summed E-state index contributed by atoms with van der Waals surface area (Å²) in [6.45, 7) is 7.21. The maximum Gasteiger partial charge on any atom is 0.239 e. The van der Waals surface area contributed by atoms with Crippen molar-refractivity contribution < 1.29 is 13.6 Å². The fraction of sp³-hybridized carbons (Fsp3) is 0.348. The number of hydrogen-bond acceptors (Lipinski definition) is 7. The number of fused-ring (bicyclic) bond motifs is 1. The minimum Gasteiger partial charge on any atom is -0.378 e. The van der Waals surface area contributed by atoms with Gasteiger partial charge in [0.2, 0.25) is 5.91 Å². The molecule has 1 aliphatic heterocycles. The number of halogens is 2. The Kier molecular flexibility index (Phi) is 6.56. The van der Waals surface area contributed by atoms with Crippen LogP contribution in [0.4, 0.5) is 8.78 Å². The summed E-state index contributed by atoms with van der Waals surface area (Å²) >= 11 is 1.22. The number of aromatic nitrogens is 2. The molecule has 1 fully saturated rings. The summed E-state index contributed by atoms with van der Waals surface area (Å²) in [5, 5.41) is 8.98. The first-order chi connectivity index (χ1) is 15.4. The average Bonchev–Trinajstić information content (AvgIpc) is 3.52. The number of hydrogen-bond donors (Lipinski definition) is 1. The summed E-state index contributed by atoms with van der Waals surface area (Å²) in [6.07, 6.45) is 6.68. The van der Waals surface area contributed by atoms with Gasteiger partial charge in [0.05, 0.1) is 11.1 Å². The van der Waals surface area contributed by atoms with Crippen molar-refractivity contribution in [3.05, 3.63) is 65.6 Å². The summed E-state index contributed by atoms with van der Waals surface area (Å²) in [5.74, 6) is -1.86. The number of rotatable bonds is 6. The Morgan fingerprint density at radius 1 is 1.36 bits per heavy atom. The SMILES string of the molecule is C=C(\C(F)=C/C=C(C)/C=C(\F)c1ncc(C#N)cn1)[C@@]1(C)N=C(N)S[C@@]2(C(=O)N(C)C)C[C@@H]12. The summed E-state index contributed by atoms with van der Waals surface area (Å²) in [5.41, 5.74) is 5.66. The third-order valence-corrected chi connectivity index (χ3v) is 7.02. The second-order valence-corrected chi connectivity index (χ2v) is 9.70. The molecule has 1 amide bonds. The molecule has 7 nitrogen and oxygen atoms in total. The van der Waals surface area contributed by atoms with Gasteiger partial charge in [0.1, 0.15) is 16.6 Å². The number of amides is 1. The Morgan fingerprint density at radius 2 is 2.00 bits per heavy atom. The van der Waals surface area contributed by atoms with Gasteiger partial charge in [-0.15, -0.1) is 0 Å². The highest BCUT2D eigenvalue weighted by atomic mass is 32.2. The molecule has 1 aromatic rings. The van der Waals surface area contributed by atoms with E-state index in [4.69, 9.17) is 11.0 Å². The highest BCUT2D eigenvalue weighted by Gasteiger charge is 2.71. The van der Waals surface area contributed by atoms with E-state index in [1.807, 2.05) is 6.07 Å². The van der Waals surface area contributed by atoms with E-state index in [0.29, 0.717) is 12.0 Å². The maximum atomic E-state index is 15.1. The number of allylic oxidation sites excluding steroid dienone is 4. The van der Waals surface area contributed by atoms with Crippen LogP contribution in [0, 0.1) is 17.2 Å². The molecule has 2 N–H and O–H groups in total. The Labute approximate surface area is 195 Å². The maximum absolute atomic E-state index is 15.1. The van der Waals surface area contributed by atoms with Crippen molar-refractivity contribution in [3.63, 3.8) is 0 Å². The zero-order valence-corrected chi connectivity index (χ0v) is 19.6. The molecule has 0 unspecified atom stereocenters. The first-order valence-corrected chi connectivity index (χ1v) is 10.9. The molecule has 0 spiro atoms. The fourth-order valence-corrected chi connectivity index (χ4v) is 5.33. The second-order valence-electron chi connectivity index (χ2n) is 8.35. The number of amidine groups is 1. The summed E-state index contributed by atoms with van der Waals surface area (Å²) in [6, 6.07) is 1.85. The van der Waals surface area contributed by atoms with Crippen LogP contribution in [-0.2, 0) is 4.79 Å². The van der Waals surface area contributed by atoms with Gasteiger partial charge in [-0.25, -0.2) is 18.7 Å². The second kappa shape index (κ2) is 8.90. The highest BCUT2D eigenvalue weighted by molar-refractivity contribution is 8.15. The number of carbonyl (C=O) groups excluding carboxylic acids is 1. The van der Waals surface area contributed by atoms with Crippen LogP contribution in [0.5, 0.6) is 0 Å². The molecule has 1 aromatic heterocycles. The van der Waals surface area contributed by atoms with Crippen LogP contribution < -0.4 is 5.73 Å². The molecular weight excluding hydrogens is 446 g/mol. The molecule has 172 valence electrons. The molecule has 1 saturated carbocycles. The van der Waals surface area contributed by atoms with Crippen LogP contribution in [0.1, 0.15) is 31.7 Å². The first kappa shape index (κ1) is 24.3. The molecule has 33 heavy (non-hydrogen) atoms. The Morgan fingerprint density at radius 3 is 2.58 bits per heavy atom. The predicted octanol–water partition coefficient (Wildman–Crippen LogP) is 3.68. The van der Waals surface area contributed by atoms with E-state index >= 15 is 4.39 Å². The van der Waals surface area contributed by atoms with Crippen molar-refractivity contribution in [3.8, 4) is 6.07 Å². The van der Waals surface area contributed by atoms with Crippen LogP contribution in [0.3, 0.4) is 0 Å². The van der Waals surface area contributed by atoms with Crippen LogP contribution >= 0.6 is 11.8 Å². The third kappa shape index (κ3) is 4.59. The van der Waals surface area contributed by atoms with E-state index in [1.54, 1.807) is 27.9 Å². The van der Waals surface area contributed by atoms with Crippen LogP contribution in [-0.4, -0.2) is 50.3 Å². The molecule has 2 heterocycles. The number of carbonyl (C=O) groups is 1. The molecule has 0 aromatic carbocycles. The normalized spacial score (nSPS) is 27.2. The number of thioether (sulfide) groups is 1. The molecule has 3 atom stereocenters. The number of nitriles is 1. The van der Waals surface area contributed by atoms with Crippen LogP contribution in [0.25, 0.3) is 5.83 Å². The van der Waals surface area contributed by atoms with Crippen molar-refractivity contribution in [2.24, 2.45) is 16.6 Å². The monoisotopic (exact) mass is 470 g/mol. The zero-order valence-electron chi connectivity index (χ0n) is 18.8. The van der Waals surface area contributed by atoms with Gasteiger partial charge in [0, 0.05) is 38.0 Å². The first-order valence-electron chi connectivity index (χ1n) is 10.0. The lowest BCUT2D eigenvalue weighted by Gasteiger charge is -2.34. The van der Waals surface area contributed by atoms with Gasteiger partial charge in [0.25, 0.3) is 0 Å². The van der Waals surface area contributed by atoms with E-state index in [0.717, 1.165) is 6.08 Å². The fourth-order valence-electron chi connectivity index (χ4n) is 3.83. The quantitative estimate of drug-likeness (QED) is 0.636. The highest BCUT2D eigenvalue weighted by Crippen LogP contribution is 2.65. The van der Waals surface area contributed by atoms with E-state index in [2.05, 4.69) is 21.5 Å². The molecule has 1 aliphatic carbocycles.